The topological polar surface area (TPSA) is 76.5 Å². The summed E-state index contributed by atoms with van der Waals surface area (Å²) in [5.41, 5.74) is 2.82. The van der Waals surface area contributed by atoms with Gasteiger partial charge in [0, 0.05) is 23.6 Å². The molecule has 1 N–H and O–H groups in total. The van der Waals surface area contributed by atoms with Gasteiger partial charge in [-0.05, 0) is 50.7 Å². The molecular weight excluding hydrogens is 434 g/mol. The lowest BCUT2D eigenvalue weighted by molar-refractivity contribution is -0.151. The summed E-state index contributed by atoms with van der Waals surface area (Å²) in [6, 6.07) is 0. The first kappa shape index (κ1) is 27.2. The van der Waals surface area contributed by atoms with E-state index in [2.05, 4.69) is 37.1 Å². The molecule has 0 spiro atoms. The summed E-state index contributed by atoms with van der Waals surface area (Å²) in [5, 5.41) is 13.4. The summed E-state index contributed by atoms with van der Waals surface area (Å²) in [4.78, 5) is 29.9. The maximum absolute atomic E-state index is 12.7. The van der Waals surface area contributed by atoms with Gasteiger partial charge in [-0.2, -0.15) is 0 Å². The molecule has 0 aromatic carbocycles. The van der Waals surface area contributed by atoms with E-state index in [0.29, 0.717) is 5.92 Å². The molecular formula is C27H39NO4S. The van der Waals surface area contributed by atoms with Crippen LogP contribution < -0.4 is 0 Å². The Kier molecular flexibility index (Phi) is 10.2. The van der Waals surface area contributed by atoms with Crippen molar-refractivity contribution in [3.63, 3.8) is 0 Å². The fourth-order valence-corrected chi connectivity index (χ4v) is 4.85. The number of ketones is 1. The largest absolute Gasteiger partial charge is 0.457 e. The number of aliphatic hydroxyl groups is 1. The average molecular weight is 474 g/mol. The van der Waals surface area contributed by atoms with Crippen molar-refractivity contribution in [1.29, 1.82) is 0 Å². The Bertz CT molecular complexity index is 913. The minimum atomic E-state index is -1.04. The second kappa shape index (κ2) is 12.4. The number of carbonyl (C=O) groups is 2. The third-order valence-corrected chi connectivity index (χ3v) is 7.44. The van der Waals surface area contributed by atoms with Crippen molar-refractivity contribution in [1.82, 2.24) is 4.98 Å². The highest BCUT2D eigenvalue weighted by atomic mass is 32.1. The van der Waals surface area contributed by atoms with Crippen LogP contribution >= 0.6 is 11.3 Å². The standard InChI is InChI=1S/C27H39NO4S/c1-16-9-8-10-17(2)20(5)21(6)25(30)13-24(29)14-26(31)32-27(18(3)11-16)19(4)12-23-15-33-22(7)28-23/h8-9,11-12,15,17-18,20-21,24,27,29H,10,13-14H2,1-7H3/b9-8+,16-11-,19-12+/t17-,18-,20-,21+,24+,27-/m0/s1. The van der Waals surface area contributed by atoms with Crippen LogP contribution in [0.1, 0.15) is 71.5 Å². The zero-order valence-electron chi connectivity index (χ0n) is 21.0. The summed E-state index contributed by atoms with van der Waals surface area (Å²) in [6.45, 7) is 14.1. The minimum Gasteiger partial charge on any atom is -0.457 e. The molecule has 2 heterocycles. The van der Waals surface area contributed by atoms with Gasteiger partial charge >= 0.3 is 5.97 Å². The average Bonchev–Trinajstić information content (AvgIpc) is 3.14. The first-order valence-electron chi connectivity index (χ1n) is 11.8. The highest BCUT2D eigenvalue weighted by Crippen LogP contribution is 2.27. The predicted octanol–water partition coefficient (Wildman–Crippen LogP) is 5.93. The van der Waals surface area contributed by atoms with E-state index in [1.54, 1.807) is 11.3 Å². The van der Waals surface area contributed by atoms with E-state index in [0.717, 1.165) is 28.3 Å². The lowest BCUT2D eigenvalue weighted by atomic mass is 9.79. The van der Waals surface area contributed by atoms with E-state index in [9.17, 15) is 14.7 Å². The van der Waals surface area contributed by atoms with E-state index in [4.69, 9.17) is 4.74 Å². The smallest absolute Gasteiger partial charge is 0.309 e. The molecule has 1 aromatic rings. The van der Waals surface area contributed by atoms with Crippen LogP contribution in [0.2, 0.25) is 0 Å². The van der Waals surface area contributed by atoms with Gasteiger partial charge in [0.25, 0.3) is 0 Å². The van der Waals surface area contributed by atoms with Crippen molar-refractivity contribution in [3.8, 4) is 0 Å². The van der Waals surface area contributed by atoms with Gasteiger partial charge < -0.3 is 9.84 Å². The van der Waals surface area contributed by atoms with Gasteiger partial charge in [0.15, 0.2) is 0 Å². The van der Waals surface area contributed by atoms with Gasteiger partial charge in [-0.25, -0.2) is 4.98 Å². The molecule has 5 nitrogen and oxygen atoms in total. The van der Waals surface area contributed by atoms with Crippen molar-refractivity contribution >= 4 is 29.2 Å². The summed E-state index contributed by atoms with van der Waals surface area (Å²) in [6.07, 6.45) is 7.43. The van der Waals surface area contributed by atoms with Crippen molar-refractivity contribution < 1.29 is 19.4 Å². The molecule has 1 aliphatic rings. The first-order chi connectivity index (χ1) is 15.5. The number of carbonyl (C=O) groups excluding carboxylic acids is 2. The Morgan fingerprint density at radius 1 is 1.18 bits per heavy atom. The molecule has 182 valence electrons. The molecule has 0 radical (unpaired) electrons. The Balaban J connectivity index is 2.35. The van der Waals surface area contributed by atoms with Crippen LogP contribution in [0.4, 0.5) is 0 Å². The third-order valence-electron chi connectivity index (χ3n) is 6.64. The van der Waals surface area contributed by atoms with Crippen LogP contribution in [-0.4, -0.2) is 34.1 Å². The zero-order chi connectivity index (χ0) is 24.7. The summed E-state index contributed by atoms with van der Waals surface area (Å²) in [7, 11) is 0. The molecule has 6 atom stereocenters. The Morgan fingerprint density at radius 3 is 2.52 bits per heavy atom. The van der Waals surface area contributed by atoms with E-state index >= 15 is 0 Å². The second-order valence-corrected chi connectivity index (χ2v) is 10.7. The number of allylic oxidation sites excluding steroid dienone is 3. The van der Waals surface area contributed by atoms with Gasteiger partial charge in [-0.15, -0.1) is 11.3 Å². The first-order valence-corrected chi connectivity index (χ1v) is 12.7. The van der Waals surface area contributed by atoms with Gasteiger partial charge in [0.05, 0.1) is 23.2 Å². The van der Waals surface area contributed by atoms with Crippen LogP contribution in [-0.2, 0) is 14.3 Å². The highest BCUT2D eigenvalue weighted by molar-refractivity contribution is 7.09. The molecule has 6 heteroatoms. The molecule has 1 aromatic heterocycles. The molecule has 0 unspecified atom stereocenters. The number of thiazole rings is 1. The maximum atomic E-state index is 12.7. The van der Waals surface area contributed by atoms with Crippen LogP contribution in [0, 0.1) is 30.6 Å². The van der Waals surface area contributed by atoms with Crippen molar-refractivity contribution in [2.75, 3.05) is 0 Å². The van der Waals surface area contributed by atoms with E-state index < -0.39 is 18.2 Å². The van der Waals surface area contributed by atoms with Crippen LogP contribution in [0.25, 0.3) is 6.08 Å². The van der Waals surface area contributed by atoms with Gasteiger partial charge in [-0.3, -0.25) is 9.59 Å². The Morgan fingerprint density at radius 2 is 1.88 bits per heavy atom. The fourth-order valence-electron chi connectivity index (χ4n) is 4.28. The number of esters is 1. The van der Waals surface area contributed by atoms with Gasteiger partial charge in [0.1, 0.15) is 11.9 Å². The number of ether oxygens (including phenoxy) is 1. The van der Waals surface area contributed by atoms with E-state index in [-0.39, 0.29) is 36.4 Å². The lowest BCUT2D eigenvalue weighted by Crippen LogP contribution is -2.30. The van der Waals surface area contributed by atoms with Crippen LogP contribution in [0.15, 0.2) is 34.8 Å². The van der Waals surface area contributed by atoms with Crippen LogP contribution in [0.3, 0.4) is 0 Å². The monoisotopic (exact) mass is 473 g/mol. The molecule has 2 rings (SSSR count). The normalized spacial score (nSPS) is 33.8. The number of aliphatic hydroxyl groups excluding tert-OH is 1. The van der Waals surface area contributed by atoms with Gasteiger partial charge in [-0.1, -0.05) is 51.5 Å². The quantitative estimate of drug-likeness (QED) is 0.539. The molecule has 1 aliphatic heterocycles. The number of aromatic nitrogens is 1. The number of aryl methyl sites for hydroxylation is 1. The van der Waals surface area contributed by atoms with Crippen molar-refractivity contribution in [3.05, 3.63) is 45.5 Å². The number of hydrogen-bond acceptors (Lipinski definition) is 6. The van der Waals surface area contributed by atoms with Gasteiger partial charge in [0.2, 0.25) is 0 Å². The number of rotatable bonds is 2. The number of hydrogen-bond donors (Lipinski definition) is 1. The lowest BCUT2D eigenvalue weighted by Gasteiger charge is -2.26. The molecule has 0 aliphatic carbocycles. The fraction of sp³-hybridized carbons (Fsp3) is 0.593. The minimum absolute atomic E-state index is 0.0123. The second-order valence-electron chi connectivity index (χ2n) is 9.65. The SMILES string of the molecule is CC1=C/[C@H](C)[C@@H](/C(C)=C/c2csc(C)n2)OC(=O)C[C@H](O)CC(=O)[C@H](C)[C@@H](C)[C@@H](C)C\C=C\1. The molecule has 0 saturated carbocycles. The maximum Gasteiger partial charge on any atom is 0.309 e. The molecule has 0 saturated heterocycles. The molecule has 33 heavy (non-hydrogen) atoms. The number of cyclic esters (lactones) is 1. The number of nitrogens with zero attached hydrogens (tertiary/aromatic N) is 1. The van der Waals surface area contributed by atoms with Crippen molar-refractivity contribution in [2.24, 2.45) is 23.7 Å². The van der Waals surface area contributed by atoms with E-state index in [1.807, 2.05) is 46.1 Å². The third kappa shape index (κ3) is 8.35. The van der Waals surface area contributed by atoms with Crippen molar-refractivity contribution in [2.45, 2.75) is 79.9 Å². The van der Waals surface area contributed by atoms with E-state index in [1.165, 1.54) is 0 Å². The molecule has 0 fully saturated rings. The van der Waals surface area contributed by atoms with Crippen LogP contribution in [0.5, 0.6) is 0 Å². The molecule has 0 amide bonds. The number of Topliss-reactive ketones (excluding diaryl/α,β-unsaturated/α-hetero) is 1. The summed E-state index contributed by atoms with van der Waals surface area (Å²) < 4.78 is 5.85. The Hall–Kier alpha value is -2.05. The summed E-state index contributed by atoms with van der Waals surface area (Å²) >= 11 is 1.57. The zero-order valence-corrected chi connectivity index (χ0v) is 21.8. The summed E-state index contributed by atoms with van der Waals surface area (Å²) in [5.74, 6) is -0.247. The predicted molar refractivity (Wildman–Crippen MR) is 135 cm³/mol. The Labute approximate surface area is 202 Å². The molecule has 0 bridgehead atoms. The highest BCUT2D eigenvalue weighted by Gasteiger charge is 2.28.